The van der Waals surface area contributed by atoms with E-state index in [0.29, 0.717) is 24.2 Å². The molecular formula is C21H30O3. The molecule has 0 radical (unpaired) electrons. The number of aliphatic hydroxyl groups excluding tert-OH is 1. The van der Waals surface area contributed by atoms with Crippen molar-refractivity contribution in [3.05, 3.63) is 23.8 Å². The fourth-order valence-corrected chi connectivity index (χ4v) is 6.91. The highest BCUT2D eigenvalue weighted by Crippen LogP contribution is 2.67. The van der Waals surface area contributed by atoms with Crippen LogP contribution in [0.2, 0.25) is 0 Å². The number of carbonyl (C=O) groups excluding carboxylic acids is 1. The molecule has 3 saturated carbocycles. The van der Waals surface area contributed by atoms with E-state index in [1.807, 2.05) is 12.2 Å². The second kappa shape index (κ2) is 5.04. The summed E-state index contributed by atoms with van der Waals surface area (Å²) in [6, 6.07) is 0. The Balaban J connectivity index is 1.70. The van der Waals surface area contributed by atoms with Gasteiger partial charge in [0.2, 0.25) is 0 Å². The van der Waals surface area contributed by atoms with Crippen molar-refractivity contribution in [2.75, 3.05) is 0 Å². The van der Waals surface area contributed by atoms with E-state index in [4.69, 9.17) is 0 Å². The molecule has 0 aromatic carbocycles. The maximum absolute atomic E-state index is 12.2. The van der Waals surface area contributed by atoms with Gasteiger partial charge in [-0.25, -0.2) is 0 Å². The van der Waals surface area contributed by atoms with Crippen molar-refractivity contribution >= 4 is 5.78 Å². The van der Waals surface area contributed by atoms with Gasteiger partial charge in [-0.1, -0.05) is 37.6 Å². The van der Waals surface area contributed by atoms with E-state index in [9.17, 15) is 15.0 Å². The average molecular weight is 330 g/mol. The summed E-state index contributed by atoms with van der Waals surface area (Å²) in [5, 5.41) is 21.1. The quantitative estimate of drug-likeness (QED) is 0.725. The zero-order chi connectivity index (χ0) is 17.3. The van der Waals surface area contributed by atoms with Crippen molar-refractivity contribution in [3.63, 3.8) is 0 Å². The summed E-state index contributed by atoms with van der Waals surface area (Å²) in [5.41, 5.74) is 0.0379. The number of ketones is 1. The van der Waals surface area contributed by atoms with Crippen molar-refractivity contribution in [2.45, 2.75) is 71.0 Å². The highest BCUT2D eigenvalue weighted by Gasteiger charge is 2.65. The van der Waals surface area contributed by atoms with Crippen LogP contribution in [0.3, 0.4) is 0 Å². The van der Waals surface area contributed by atoms with E-state index < -0.39 is 11.7 Å². The molecule has 0 aromatic heterocycles. The van der Waals surface area contributed by atoms with Gasteiger partial charge in [0.25, 0.3) is 0 Å². The monoisotopic (exact) mass is 330 g/mol. The van der Waals surface area contributed by atoms with Crippen LogP contribution in [0.4, 0.5) is 0 Å². The van der Waals surface area contributed by atoms with Gasteiger partial charge in [-0.15, -0.1) is 0 Å². The first-order valence-corrected chi connectivity index (χ1v) is 9.54. The lowest BCUT2D eigenvalue weighted by Crippen LogP contribution is -2.56. The molecule has 0 aliphatic heterocycles. The van der Waals surface area contributed by atoms with Gasteiger partial charge in [-0.2, -0.15) is 0 Å². The minimum Gasteiger partial charge on any atom is -0.385 e. The number of rotatable bonds is 1. The molecule has 3 unspecified atom stereocenters. The van der Waals surface area contributed by atoms with Crippen LogP contribution < -0.4 is 0 Å². The molecular weight excluding hydrogens is 300 g/mol. The van der Waals surface area contributed by atoms with Crippen LogP contribution in [0.25, 0.3) is 0 Å². The van der Waals surface area contributed by atoms with Crippen LogP contribution in [-0.2, 0) is 4.79 Å². The molecule has 0 spiro atoms. The highest BCUT2D eigenvalue weighted by molar-refractivity contribution is 5.86. The van der Waals surface area contributed by atoms with E-state index in [0.717, 1.165) is 32.1 Å². The Morgan fingerprint density at radius 3 is 2.58 bits per heavy atom. The molecule has 0 bridgehead atoms. The average Bonchev–Trinajstić information content (AvgIpc) is 2.81. The topological polar surface area (TPSA) is 57.5 Å². The summed E-state index contributed by atoms with van der Waals surface area (Å²) in [4.78, 5) is 12.2. The van der Waals surface area contributed by atoms with E-state index in [-0.39, 0.29) is 16.6 Å². The summed E-state index contributed by atoms with van der Waals surface area (Å²) < 4.78 is 0. The molecule has 4 rings (SSSR count). The third-order valence-electron chi connectivity index (χ3n) is 8.39. The molecule has 2 N–H and O–H groups in total. The third-order valence-corrected chi connectivity index (χ3v) is 8.39. The molecule has 3 fully saturated rings. The SMILES string of the molecule is CC(=O)[C@@]1(O)CCC2C3CCC4=C[C@@H](O)C=C[C@]4(C)C3CC[C@@]21C. The molecule has 0 heterocycles. The largest absolute Gasteiger partial charge is 0.385 e. The third kappa shape index (κ3) is 1.89. The highest BCUT2D eigenvalue weighted by atomic mass is 16.3. The summed E-state index contributed by atoms with van der Waals surface area (Å²) in [6.45, 7) is 6.05. The van der Waals surface area contributed by atoms with Gasteiger partial charge < -0.3 is 10.2 Å². The summed E-state index contributed by atoms with van der Waals surface area (Å²) in [7, 11) is 0. The lowest BCUT2D eigenvalue weighted by molar-refractivity contribution is -0.158. The lowest BCUT2D eigenvalue weighted by atomic mass is 9.47. The second-order valence-corrected chi connectivity index (χ2v) is 9.15. The number of hydrogen-bond donors (Lipinski definition) is 2. The first-order chi connectivity index (χ1) is 11.2. The molecule has 3 heteroatoms. The summed E-state index contributed by atoms with van der Waals surface area (Å²) in [6.07, 6.45) is 11.5. The van der Waals surface area contributed by atoms with Gasteiger partial charge in [0.1, 0.15) is 5.60 Å². The number of Topliss-reactive ketones (excluding diaryl/α,β-unsaturated/α-hetero) is 1. The van der Waals surface area contributed by atoms with Gasteiger partial charge in [-0.05, 0) is 63.2 Å². The fraction of sp³-hybridized carbons (Fsp3) is 0.762. The smallest absolute Gasteiger partial charge is 0.161 e. The Hall–Kier alpha value is -0.930. The number of hydrogen-bond acceptors (Lipinski definition) is 3. The lowest BCUT2D eigenvalue weighted by Gasteiger charge is -2.58. The molecule has 4 aliphatic rings. The molecule has 7 atom stereocenters. The van der Waals surface area contributed by atoms with Gasteiger partial charge in [-0.3, -0.25) is 4.79 Å². The van der Waals surface area contributed by atoms with E-state index in [1.165, 1.54) is 5.57 Å². The van der Waals surface area contributed by atoms with Crippen LogP contribution in [0.15, 0.2) is 23.8 Å². The normalized spacial score (nSPS) is 53.0. The van der Waals surface area contributed by atoms with Crippen molar-refractivity contribution in [3.8, 4) is 0 Å². The number of allylic oxidation sites excluding steroid dienone is 2. The molecule has 132 valence electrons. The molecule has 4 aliphatic carbocycles. The van der Waals surface area contributed by atoms with Gasteiger partial charge >= 0.3 is 0 Å². The number of fused-ring (bicyclic) bond motifs is 5. The van der Waals surface area contributed by atoms with Crippen molar-refractivity contribution in [2.24, 2.45) is 28.6 Å². The Morgan fingerprint density at radius 1 is 1.17 bits per heavy atom. The van der Waals surface area contributed by atoms with Crippen molar-refractivity contribution in [1.29, 1.82) is 0 Å². The van der Waals surface area contributed by atoms with Gasteiger partial charge in [0.05, 0.1) is 6.10 Å². The fourth-order valence-electron chi connectivity index (χ4n) is 6.91. The standard InChI is InChI=1S/C21H30O3/c1-13(22)21(24)11-8-18-16-5-4-14-12-15(23)6-9-19(14,2)17(16)7-10-20(18,21)3/h6,9,12,15-18,23-24H,4-5,7-8,10-11H2,1-3H3/t15-,16?,17?,18?,19-,20-,21-/m0/s1. The number of aliphatic hydroxyl groups is 2. The van der Waals surface area contributed by atoms with E-state index in [1.54, 1.807) is 6.92 Å². The van der Waals surface area contributed by atoms with Crippen LogP contribution in [0.5, 0.6) is 0 Å². The molecule has 24 heavy (non-hydrogen) atoms. The van der Waals surface area contributed by atoms with E-state index >= 15 is 0 Å². The zero-order valence-electron chi connectivity index (χ0n) is 15.1. The Labute approximate surface area is 144 Å². The van der Waals surface area contributed by atoms with Crippen molar-refractivity contribution < 1.29 is 15.0 Å². The predicted octanol–water partition coefficient (Wildman–Crippen LogP) is 3.41. The zero-order valence-corrected chi connectivity index (χ0v) is 15.1. The Morgan fingerprint density at radius 2 is 1.88 bits per heavy atom. The number of carbonyl (C=O) groups is 1. The van der Waals surface area contributed by atoms with E-state index in [2.05, 4.69) is 19.9 Å². The van der Waals surface area contributed by atoms with Gasteiger partial charge in [0.15, 0.2) is 5.78 Å². The first kappa shape index (κ1) is 16.5. The first-order valence-electron chi connectivity index (χ1n) is 9.54. The Kier molecular flexibility index (Phi) is 3.48. The molecule has 0 aromatic rings. The summed E-state index contributed by atoms with van der Waals surface area (Å²) in [5.74, 6) is 1.52. The summed E-state index contributed by atoms with van der Waals surface area (Å²) >= 11 is 0. The minimum absolute atomic E-state index is 0.0421. The van der Waals surface area contributed by atoms with Gasteiger partial charge in [0, 0.05) is 10.8 Å². The molecule has 3 nitrogen and oxygen atoms in total. The van der Waals surface area contributed by atoms with Crippen LogP contribution in [-0.4, -0.2) is 27.7 Å². The maximum Gasteiger partial charge on any atom is 0.161 e. The van der Waals surface area contributed by atoms with Crippen LogP contribution in [0.1, 0.15) is 59.3 Å². The molecule has 0 amide bonds. The second-order valence-electron chi connectivity index (χ2n) is 9.15. The molecule has 0 saturated heterocycles. The van der Waals surface area contributed by atoms with Crippen LogP contribution >= 0.6 is 0 Å². The Bertz CT molecular complexity index is 635. The van der Waals surface area contributed by atoms with Crippen LogP contribution in [0, 0.1) is 28.6 Å². The predicted molar refractivity (Wildman–Crippen MR) is 93.2 cm³/mol. The minimum atomic E-state index is -1.13. The van der Waals surface area contributed by atoms with Crippen molar-refractivity contribution in [1.82, 2.24) is 0 Å². The maximum atomic E-state index is 12.2.